The molecule has 0 bridgehead atoms. The van der Waals surface area contributed by atoms with E-state index in [1.165, 1.54) is 12.8 Å². The number of hydrogen-bond donors (Lipinski definition) is 1. The predicted molar refractivity (Wildman–Crippen MR) is 50.7 cm³/mol. The normalized spacial score (nSPS) is 39.9. The Labute approximate surface area is 79.8 Å². The topological polar surface area (TPSA) is 30.5 Å². The summed E-state index contributed by atoms with van der Waals surface area (Å²) >= 11 is 0. The van der Waals surface area contributed by atoms with Crippen LogP contribution in [-0.2, 0) is 9.47 Å². The highest BCUT2D eigenvalue weighted by molar-refractivity contribution is 4.84. The molecule has 3 unspecified atom stereocenters. The third-order valence-electron chi connectivity index (χ3n) is 3.11. The molecule has 1 N–H and O–H groups in total. The number of nitrogens with one attached hydrogen (secondary N) is 1. The van der Waals surface area contributed by atoms with Crippen LogP contribution in [0.3, 0.4) is 0 Å². The van der Waals surface area contributed by atoms with Crippen LogP contribution in [0.4, 0.5) is 0 Å². The van der Waals surface area contributed by atoms with Crippen LogP contribution >= 0.6 is 0 Å². The van der Waals surface area contributed by atoms with E-state index in [2.05, 4.69) is 12.2 Å². The van der Waals surface area contributed by atoms with Crippen molar-refractivity contribution >= 4 is 0 Å². The first-order chi connectivity index (χ1) is 6.36. The maximum atomic E-state index is 5.54. The van der Waals surface area contributed by atoms with Gasteiger partial charge in [0, 0.05) is 12.6 Å². The molecular formula is C10H19NO2. The van der Waals surface area contributed by atoms with E-state index in [1.807, 2.05) is 0 Å². The van der Waals surface area contributed by atoms with Gasteiger partial charge in [0.2, 0.25) is 0 Å². The highest BCUT2D eigenvalue weighted by atomic mass is 16.6. The first-order valence-electron chi connectivity index (χ1n) is 5.29. The molecule has 13 heavy (non-hydrogen) atoms. The molecule has 2 aliphatic rings. The van der Waals surface area contributed by atoms with Crippen LogP contribution in [0.5, 0.6) is 0 Å². The molecule has 1 heterocycles. The van der Waals surface area contributed by atoms with Gasteiger partial charge in [0.25, 0.3) is 0 Å². The number of ether oxygens (including phenoxy) is 2. The lowest BCUT2D eigenvalue weighted by atomic mass is 9.81. The van der Waals surface area contributed by atoms with Crippen LogP contribution in [-0.4, -0.2) is 38.5 Å². The Morgan fingerprint density at radius 3 is 2.77 bits per heavy atom. The van der Waals surface area contributed by atoms with Crippen molar-refractivity contribution in [1.82, 2.24) is 5.32 Å². The van der Waals surface area contributed by atoms with Crippen LogP contribution in [0.1, 0.15) is 19.8 Å². The van der Waals surface area contributed by atoms with Crippen LogP contribution in [0, 0.1) is 5.92 Å². The summed E-state index contributed by atoms with van der Waals surface area (Å²) < 4.78 is 10.9. The van der Waals surface area contributed by atoms with Crippen molar-refractivity contribution in [3.63, 3.8) is 0 Å². The van der Waals surface area contributed by atoms with Crippen LogP contribution < -0.4 is 5.32 Å². The van der Waals surface area contributed by atoms with Crippen molar-refractivity contribution < 1.29 is 9.47 Å². The Morgan fingerprint density at radius 2 is 2.23 bits per heavy atom. The van der Waals surface area contributed by atoms with Gasteiger partial charge < -0.3 is 14.8 Å². The maximum absolute atomic E-state index is 5.54. The lowest BCUT2D eigenvalue weighted by Crippen LogP contribution is -2.47. The molecule has 0 radical (unpaired) electrons. The Kier molecular flexibility index (Phi) is 3.19. The molecule has 1 aliphatic carbocycles. The lowest BCUT2D eigenvalue weighted by Gasteiger charge is -2.36. The molecule has 2 rings (SSSR count). The molecule has 2 fully saturated rings. The van der Waals surface area contributed by atoms with E-state index in [9.17, 15) is 0 Å². The fourth-order valence-electron chi connectivity index (χ4n) is 1.91. The maximum Gasteiger partial charge on any atom is 0.0933 e. The average molecular weight is 185 g/mol. The van der Waals surface area contributed by atoms with Gasteiger partial charge in [-0.05, 0) is 18.8 Å². The SMILES string of the molecule is CC1CCC1NCC1COCCO1. The molecule has 1 saturated carbocycles. The van der Waals surface area contributed by atoms with Crippen molar-refractivity contribution in [2.45, 2.75) is 31.9 Å². The second kappa shape index (κ2) is 4.40. The zero-order valence-electron chi connectivity index (χ0n) is 8.29. The third kappa shape index (κ3) is 2.42. The smallest absolute Gasteiger partial charge is 0.0933 e. The van der Waals surface area contributed by atoms with Gasteiger partial charge in [-0.2, -0.15) is 0 Å². The Balaban J connectivity index is 1.61. The van der Waals surface area contributed by atoms with E-state index in [4.69, 9.17) is 9.47 Å². The van der Waals surface area contributed by atoms with E-state index in [0.29, 0.717) is 0 Å². The van der Waals surface area contributed by atoms with Crippen molar-refractivity contribution in [2.75, 3.05) is 26.4 Å². The van der Waals surface area contributed by atoms with E-state index < -0.39 is 0 Å². The quantitative estimate of drug-likeness (QED) is 0.705. The summed E-state index contributed by atoms with van der Waals surface area (Å²) in [5.74, 6) is 0.851. The Morgan fingerprint density at radius 1 is 1.31 bits per heavy atom. The first kappa shape index (κ1) is 9.44. The summed E-state index contributed by atoms with van der Waals surface area (Å²) in [7, 11) is 0. The highest BCUT2D eigenvalue weighted by Gasteiger charge is 2.27. The van der Waals surface area contributed by atoms with Crippen molar-refractivity contribution in [3.8, 4) is 0 Å². The van der Waals surface area contributed by atoms with E-state index in [-0.39, 0.29) is 6.10 Å². The molecule has 0 spiro atoms. The average Bonchev–Trinajstić information content (AvgIpc) is 2.17. The lowest BCUT2D eigenvalue weighted by molar-refractivity contribution is -0.0882. The molecule has 0 aromatic rings. The summed E-state index contributed by atoms with van der Waals surface area (Å²) in [4.78, 5) is 0. The van der Waals surface area contributed by atoms with Crippen LogP contribution in [0.2, 0.25) is 0 Å². The minimum absolute atomic E-state index is 0.279. The van der Waals surface area contributed by atoms with Crippen molar-refractivity contribution in [1.29, 1.82) is 0 Å². The number of hydrogen-bond acceptors (Lipinski definition) is 3. The Hall–Kier alpha value is -0.120. The van der Waals surface area contributed by atoms with Gasteiger partial charge in [-0.3, -0.25) is 0 Å². The minimum atomic E-state index is 0.279. The van der Waals surface area contributed by atoms with Gasteiger partial charge in [-0.1, -0.05) is 6.92 Å². The summed E-state index contributed by atoms with van der Waals surface area (Å²) in [6.45, 7) is 5.53. The molecule has 0 amide bonds. The molecule has 3 heteroatoms. The summed E-state index contributed by atoms with van der Waals surface area (Å²) in [5.41, 5.74) is 0. The molecule has 3 nitrogen and oxygen atoms in total. The largest absolute Gasteiger partial charge is 0.376 e. The molecule has 0 aromatic carbocycles. The van der Waals surface area contributed by atoms with Gasteiger partial charge in [0.05, 0.1) is 25.9 Å². The van der Waals surface area contributed by atoms with E-state index in [0.717, 1.165) is 38.3 Å². The molecule has 1 aliphatic heterocycles. The van der Waals surface area contributed by atoms with Crippen molar-refractivity contribution in [3.05, 3.63) is 0 Å². The predicted octanol–water partition coefficient (Wildman–Crippen LogP) is 0.790. The van der Waals surface area contributed by atoms with Crippen LogP contribution in [0.25, 0.3) is 0 Å². The fourth-order valence-corrected chi connectivity index (χ4v) is 1.91. The molecule has 76 valence electrons. The number of rotatable bonds is 3. The zero-order chi connectivity index (χ0) is 9.10. The fraction of sp³-hybridized carbons (Fsp3) is 1.00. The van der Waals surface area contributed by atoms with Gasteiger partial charge >= 0.3 is 0 Å². The summed E-state index contributed by atoms with van der Waals surface area (Å²) in [6, 6.07) is 0.727. The monoisotopic (exact) mass is 185 g/mol. The van der Waals surface area contributed by atoms with E-state index >= 15 is 0 Å². The van der Waals surface area contributed by atoms with E-state index in [1.54, 1.807) is 0 Å². The van der Waals surface area contributed by atoms with Gasteiger partial charge in [0.1, 0.15) is 0 Å². The molecule has 3 atom stereocenters. The molecule has 1 saturated heterocycles. The van der Waals surface area contributed by atoms with Crippen molar-refractivity contribution in [2.24, 2.45) is 5.92 Å². The second-order valence-electron chi connectivity index (χ2n) is 4.14. The summed E-state index contributed by atoms with van der Waals surface area (Å²) in [5, 5.41) is 3.53. The Bertz CT molecular complexity index is 157. The second-order valence-corrected chi connectivity index (χ2v) is 4.14. The van der Waals surface area contributed by atoms with Crippen LogP contribution in [0.15, 0.2) is 0 Å². The van der Waals surface area contributed by atoms with Gasteiger partial charge in [-0.25, -0.2) is 0 Å². The molecule has 0 aromatic heterocycles. The third-order valence-corrected chi connectivity index (χ3v) is 3.11. The first-order valence-corrected chi connectivity index (χ1v) is 5.29. The zero-order valence-corrected chi connectivity index (χ0v) is 8.29. The van der Waals surface area contributed by atoms with Gasteiger partial charge in [-0.15, -0.1) is 0 Å². The minimum Gasteiger partial charge on any atom is -0.376 e. The standard InChI is InChI=1S/C10H19NO2/c1-8-2-3-10(8)11-6-9-7-12-4-5-13-9/h8-11H,2-7H2,1H3. The highest BCUT2D eigenvalue weighted by Crippen LogP contribution is 2.26. The molecular weight excluding hydrogens is 166 g/mol. The summed E-state index contributed by atoms with van der Waals surface area (Å²) in [6.07, 6.45) is 2.98. The van der Waals surface area contributed by atoms with Gasteiger partial charge in [0.15, 0.2) is 0 Å².